The molecule has 0 aromatic heterocycles. The summed E-state index contributed by atoms with van der Waals surface area (Å²) in [5.41, 5.74) is 1.17. The number of aliphatic hydroxyl groups excluding tert-OH is 1. The topological polar surface area (TPSA) is 89.8 Å². The number of benzene rings is 2. The van der Waals surface area contributed by atoms with E-state index in [0.717, 1.165) is 0 Å². The molecule has 5 nitrogen and oxygen atoms in total. The molecule has 1 atom stereocenters. The maximum Gasteiger partial charge on any atom is 0.164 e. The van der Waals surface area contributed by atoms with Gasteiger partial charge in [-0.05, 0) is 17.7 Å². The van der Waals surface area contributed by atoms with Gasteiger partial charge in [-0.2, -0.15) is 0 Å². The van der Waals surface area contributed by atoms with Crippen molar-refractivity contribution < 1.29 is 20.1 Å². The molecule has 0 saturated carbocycles. The molecule has 1 unspecified atom stereocenters. The predicted molar refractivity (Wildman–Crippen MR) is 83.0 cm³/mol. The van der Waals surface area contributed by atoms with Gasteiger partial charge in [0.25, 0.3) is 0 Å². The number of ketones is 1. The minimum atomic E-state index is -0.821. The van der Waals surface area contributed by atoms with Gasteiger partial charge in [0.1, 0.15) is 0 Å². The highest BCUT2D eigenvalue weighted by Gasteiger charge is 2.10. The van der Waals surface area contributed by atoms with E-state index < -0.39 is 6.10 Å². The van der Waals surface area contributed by atoms with Crippen molar-refractivity contribution in [1.82, 2.24) is 5.32 Å². The van der Waals surface area contributed by atoms with Crippen molar-refractivity contribution >= 4 is 5.78 Å². The minimum Gasteiger partial charge on any atom is -0.504 e. The number of phenols is 2. The van der Waals surface area contributed by atoms with Crippen LogP contribution in [0.3, 0.4) is 0 Å². The van der Waals surface area contributed by atoms with Crippen LogP contribution in [-0.2, 0) is 0 Å². The molecule has 0 fully saturated rings. The Hall–Kier alpha value is -2.37. The van der Waals surface area contributed by atoms with Gasteiger partial charge in [0.2, 0.25) is 0 Å². The summed E-state index contributed by atoms with van der Waals surface area (Å²) in [6.45, 7) is 0.709. The van der Waals surface area contributed by atoms with Crippen molar-refractivity contribution in [3.8, 4) is 11.5 Å². The second kappa shape index (κ2) is 7.59. The summed E-state index contributed by atoms with van der Waals surface area (Å²) < 4.78 is 0. The molecule has 2 rings (SSSR count). The Morgan fingerprint density at radius 3 is 2.45 bits per heavy atom. The number of hydrogen-bond donors (Lipinski definition) is 4. The first-order valence-corrected chi connectivity index (χ1v) is 7.07. The van der Waals surface area contributed by atoms with E-state index in [0.29, 0.717) is 24.1 Å². The van der Waals surface area contributed by atoms with E-state index in [9.17, 15) is 20.1 Å². The number of Topliss-reactive ketones (excluding diaryl/α,β-unsaturated/α-hetero) is 1. The van der Waals surface area contributed by atoms with Crippen LogP contribution in [-0.4, -0.2) is 34.2 Å². The fourth-order valence-corrected chi connectivity index (χ4v) is 2.07. The lowest BCUT2D eigenvalue weighted by molar-refractivity contribution is 0.0979. The summed E-state index contributed by atoms with van der Waals surface area (Å²) >= 11 is 0. The third kappa shape index (κ3) is 4.31. The Labute approximate surface area is 128 Å². The number of phenolic OH excluding ortho intramolecular Hbond substituents is 2. The van der Waals surface area contributed by atoms with Gasteiger partial charge in [-0.25, -0.2) is 0 Å². The Kier molecular flexibility index (Phi) is 5.52. The molecule has 4 N–H and O–H groups in total. The zero-order chi connectivity index (χ0) is 15.9. The number of carbonyl (C=O) groups excluding carboxylic acids is 1. The van der Waals surface area contributed by atoms with Gasteiger partial charge >= 0.3 is 0 Å². The van der Waals surface area contributed by atoms with Crippen LogP contribution in [0.1, 0.15) is 28.4 Å². The maximum absolute atomic E-state index is 11.9. The average molecular weight is 301 g/mol. The zero-order valence-corrected chi connectivity index (χ0v) is 12.1. The molecule has 0 spiro atoms. The number of rotatable bonds is 7. The molecule has 0 aliphatic heterocycles. The van der Waals surface area contributed by atoms with Crippen molar-refractivity contribution in [3.05, 3.63) is 59.7 Å². The summed E-state index contributed by atoms with van der Waals surface area (Å²) in [6.07, 6.45) is -0.476. The first-order valence-electron chi connectivity index (χ1n) is 7.07. The molecule has 0 aliphatic rings. The Bertz CT molecular complexity index is 628. The molecule has 2 aromatic carbocycles. The summed E-state index contributed by atoms with van der Waals surface area (Å²) in [5, 5.41) is 31.6. The van der Waals surface area contributed by atoms with Crippen LogP contribution in [0.15, 0.2) is 48.5 Å². The fraction of sp³-hybridized carbons (Fsp3) is 0.235. The second-order valence-electron chi connectivity index (χ2n) is 5.01. The number of aliphatic hydroxyl groups is 1. The van der Waals surface area contributed by atoms with Crippen molar-refractivity contribution in [1.29, 1.82) is 0 Å². The second-order valence-corrected chi connectivity index (χ2v) is 5.01. The Morgan fingerprint density at radius 2 is 1.77 bits per heavy atom. The molecule has 0 radical (unpaired) electrons. The third-order valence-corrected chi connectivity index (χ3v) is 3.35. The van der Waals surface area contributed by atoms with Gasteiger partial charge in [-0.15, -0.1) is 0 Å². The van der Waals surface area contributed by atoms with Crippen LogP contribution in [0.25, 0.3) is 0 Å². The van der Waals surface area contributed by atoms with Crippen LogP contribution in [0.4, 0.5) is 0 Å². The first kappa shape index (κ1) is 16.0. The van der Waals surface area contributed by atoms with E-state index in [1.165, 1.54) is 18.2 Å². The van der Waals surface area contributed by atoms with Crippen LogP contribution >= 0.6 is 0 Å². The maximum atomic E-state index is 11.9. The minimum absolute atomic E-state index is 0.0462. The number of aromatic hydroxyl groups is 2. The number of nitrogens with one attached hydrogen (secondary N) is 1. The molecule has 0 heterocycles. The Balaban J connectivity index is 1.76. The molecule has 116 valence electrons. The van der Waals surface area contributed by atoms with Crippen molar-refractivity contribution in [2.75, 3.05) is 13.1 Å². The van der Waals surface area contributed by atoms with Crippen molar-refractivity contribution in [2.24, 2.45) is 0 Å². The van der Waals surface area contributed by atoms with Gasteiger partial charge < -0.3 is 20.6 Å². The van der Waals surface area contributed by atoms with Crippen LogP contribution in [0.2, 0.25) is 0 Å². The summed E-state index contributed by atoms with van der Waals surface area (Å²) in [4.78, 5) is 11.9. The van der Waals surface area contributed by atoms with E-state index in [4.69, 9.17) is 0 Å². The summed E-state index contributed by atoms with van der Waals surface area (Å²) in [7, 11) is 0. The normalized spacial score (nSPS) is 12.0. The lowest BCUT2D eigenvalue weighted by Gasteiger charge is -2.12. The van der Waals surface area contributed by atoms with E-state index in [-0.39, 0.29) is 23.8 Å². The third-order valence-electron chi connectivity index (χ3n) is 3.35. The van der Waals surface area contributed by atoms with Crippen molar-refractivity contribution in [2.45, 2.75) is 12.5 Å². The van der Waals surface area contributed by atoms with Gasteiger partial charge in [-0.1, -0.05) is 36.4 Å². The highest BCUT2D eigenvalue weighted by Crippen LogP contribution is 2.27. The van der Waals surface area contributed by atoms with E-state index in [1.54, 1.807) is 12.1 Å². The largest absolute Gasteiger partial charge is 0.504 e. The molecule has 0 bridgehead atoms. The lowest BCUT2D eigenvalue weighted by Crippen LogP contribution is -2.24. The Morgan fingerprint density at radius 1 is 1.05 bits per heavy atom. The van der Waals surface area contributed by atoms with Gasteiger partial charge in [0.05, 0.1) is 6.10 Å². The highest BCUT2D eigenvalue weighted by atomic mass is 16.3. The predicted octanol–water partition coefficient (Wildman–Crippen LogP) is 1.99. The molecule has 0 amide bonds. The molecular formula is C17H19NO4. The average Bonchev–Trinajstić information content (AvgIpc) is 2.54. The van der Waals surface area contributed by atoms with E-state index in [1.807, 2.05) is 18.2 Å². The fourth-order valence-electron chi connectivity index (χ4n) is 2.07. The highest BCUT2D eigenvalue weighted by molar-refractivity contribution is 5.96. The lowest BCUT2D eigenvalue weighted by atomic mass is 10.1. The molecular weight excluding hydrogens is 282 g/mol. The van der Waals surface area contributed by atoms with E-state index >= 15 is 0 Å². The summed E-state index contributed by atoms with van der Waals surface area (Å²) in [5.74, 6) is -0.446. The van der Waals surface area contributed by atoms with Gasteiger partial charge in [0, 0.05) is 25.1 Å². The molecule has 5 heteroatoms. The summed E-state index contributed by atoms with van der Waals surface area (Å²) in [6, 6.07) is 13.2. The van der Waals surface area contributed by atoms with Crippen molar-refractivity contribution in [3.63, 3.8) is 0 Å². The number of carbonyl (C=O) groups is 1. The quantitative estimate of drug-likeness (QED) is 0.357. The van der Waals surface area contributed by atoms with Gasteiger partial charge in [-0.3, -0.25) is 4.79 Å². The zero-order valence-electron chi connectivity index (χ0n) is 12.1. The SMILES string of the molecule is O=C(CCNCC(O)c1ccc(O)c(O)c1)c1ccccc1. The van der Waals surface area contributed by atoms with Crippen LogP contribution in [0, 0.1) is 0 Å². The monoisotopic (exact) mass is 301 g/mol. The molecule has 2 aromatic rings. The smallest absolute Gasteiger partial charge is 0.164 e. The van der Waals surface area contributed by atoms with Crippen LogP contribution in [0.5, 0.6) is 11.5 Å². The first-order chi connectivity index (χ1) is 10.6. The molecule has 22 heavy (non-hydrogen) atoms. The number of hydrogen-bond acceptors (Lipinski definition) is 5. The van der Waals surface area contributed by atoms with Gasteiger partial charge in [0.15, 0.2) is 17.3 Å². The molecule has 0 aliphatic carbocycles. The van der Waals surface area contributed by atoms with E-state index in [2.05, 4.69) is 5.32 Å². The van der Waals surface area contributed by atoms with Crippen LogP contribution < -0.4 is 5.32 Å². The molecule has 0 saturated heterocycles. The standard InChI is InChI=1S/C17H19NO4/c19-14(12-4-2-1-3-5-12)8-9-18-11-17(22)13-6-7-15(20)16(21)10-13/h1-7,10,17-18,20-22H,8-9,11H2.